The van der Waals surface area contributed by atoms with Crippen LogP contribution in [0.25, 0.3) is 10.8 Å². The van der Waals surface area contributed by atoms with E-state index in [1.165, 1.54) is 61.7 Å². The van der Waals surface area contributed by atoms with Crippen molar-refractivity contribution in [3.8, 4) is 29.0 Å². The molecule has 0 unspecified atom stereocenters. The van der Waals surface area contributed by atoms with E-state index in [0.717, 1.165) is 6.07 Å². The van der Waals surface area contributed by atoms with Gasteiger partial charge in [-0.25, -0.2) is 4.79 Å². The third-order valence-corrected chi connectivity index (χ3v) is 8.97. The first-order chi connectivity index (χ1) is 26.4. The zero-order chi connectivity index (χ0) is 39.1. The first-order valence-corrected chi connectivity index (χ1v) is 17.6. The minimum atomic E-state index is -4.80. The Hall–Kier alpha value is -6.68. The fourth-order valence-electron chi connectivity index (χ4n) is 5.44. The summed E-state index contributed by atoms with van der Waals surface area (Å²) in [6.07, 6.45) is 0. The molecule has 0 radical (unpaired) electrons. The molecular weight excluding hydrogens is 744 g/mol. The summed E-state index contributed by atoms with van der Waals surface area (Å²) in [4.78, 5) is 37.1. The van der Waals surface area contributed by atoms with Gasteiger partial charge in [0.15, 0.2) is 5.75 Å². The number of azo groups is 1. The quantitative estimate of drug-likeness (QED) is 0.0368. The molecule has 6 rings (SSSR count). The van der Waals surface area contributed by atoms with Crippen molar-refractivity contribution in [2.75, 3.05) is 57.2 Å². The second kappa shape index (κ2) is 16.6. The molecule has 0 saturated carbocycles. The van der Waals surface area contributed by atoms with Gasteiger partial charge in [-0.3, -0.25) is 14.2 Å². The molecule has 0 atom stereocenters. The number of phenolic OH excluding ortho intramolecular Hbond substituents is 1. The van der Waals surface area contributed by atoms with Gasteiger partial charge in [-0.2, -0.15) is 23.4 Å². The monoisotopic (exact) mass is 776 g/mol. The Morgan fingerprint density at radius 2 is 1.71 bits per heavy atom. The first kappa shape index (κ1) is 38.1. The number of aromatic carboxylic acids is 1. The van der Waals surface area contributed by atoms with E-state index in [1.54, 1.807) is 0 Å². The second-order valence-corrected chi connectivity index (χ2v) is 12.9. The molecule has 55 heavy (non-hydrogen) atoms. The Labute approximate surface area is 311 Å². The fourth-order valence-corrected chi connectivity index (χ4v) is 6.13. The van der Waals surface area contributed by atoms with Gasteiger partial charge in [-0.1, -0.05) is 6.07 Å². The molecule has 1 saturated heterocycles. The number of ether oxygens (including phenoxy) is 4. The molecule has 286 valence electrons. The highest BCUT2D eigenvalue weighted by atomic mass is 32.2. The van der Waals surface area contributed by atoms with Crippen LogP contribution in [-0.4, -0.2) is 107 Å². The van der Waals surface area contributed by atoms with Crippen molar-refractivity contribution in [2.45, 2.75) is 4.90 Å². The van der Waals surface area contributed by atoms with Gasteiger partial charge < -0.3 is 44.9 Å². The maximum absolute atomic E-state index is 12.4. The number of phenols is 2. The number of fused-ring (bicyclic) bond motifs is 1. The smallest absolute Gasteiger partial charge is 0.339 e. The standard InChI is InChI=1S/C34H32N8O12S/c1-51-27-8-3-20(54-18-43)17-25(27)41-40-24-5-4-21-28(55(48,49)50)9-6-23(29(21)30(24)45)36-33-37-32(35-19-2-7-26(44)22(16-19)31(46)47)38-34(39-33)53-15-12-42-10-13-52-14-11-42/h2-9,16-18,44-45H,10-15H2,1H3,(H,46,47)(H,48,49,50)(H2,35,36,37,38,39). The summed E-state index contributed by atoms with van der Waals surface area (Å²) < 4.78 is 56.2. The third kappa shape index (κ3) is 9.10. The number of carbonyl (C=O) groups is 2. The van der Waals surface area contributed by atoms with Crippen LogP contribution in [0.4, 0.5) is 34.6 Å². The molecule has 6 N–H and O–H groups in total. The molecule has 1 aliphatic heterocycles. The number of carboxylic acid groups (broad SMARTS) is 1. The van der Waals surface area contributed by atoms with Gasteiger partial charge in [0, 0.05) is 36.8 Å². The largest absolute Gasteiger partial charge is 0.507 e. The van der Waals surface area contributed by atoms with Gasteiger partial charge in [-0.15, -0.1) is 10.2 Å². The number of nitrogens with one attached hydrogen (secondary N) is 2. The van der Waals surface area contributed by atoms with Gasteiger partial charge in [0.05, 0.1) is 31.4 Å². The summed E-state index contributed by atoms with van der Waals surface area (Å²) in [7, 11) is -3.41. The van der Waals surface area contributed by atoms with E-state index in [2.05, 4.69) is 40.7 Å². The molecule has 5 aromatic rings. The van der Waals surface area contributed by atoms with E-state index in [1.807, 2.05) is 0 Å². The number of aromatic nitrogens is 3. The van der Waals surface area contributed by atoms with Crippen LogP contribution < -0.4 is 24.8 Å². The molecule has 1 aliphatic rings. The van der Waals surface area contributed by atoms with Gasteiger partial charge in [0.25, 0.3) is 16.6 Å². The lowest BCUT2D eigenvalue weighted by Crippen LogP contribution is -2.38. The average Bonchev–Trinajstić information content (AvgIpc) is 3.15. The molecule has 0 bridgehead atoms. The highest BCUT2D eigenvalue weighted by molar-refractivity contribution is 7.86. The zero-order valence-corrected chi connectivity index (χ0v) is 29.6. The van der Waals surface area contributed by atoms with Crippen LogP contribution in [0.5, 0.6) is 29.0 Å². The van der Waals surface area contributed by atoms with Crippen molar-refractivity contribution in [2.24, 2.45) is 10.2 Å². The number of benzene rings is 4. The normalized spacial score (nSPS) is 13.4. The molecule has 0 spiro atoms. The highest BCUT2D eigenvalue weighted by Gasteiger charge is 2.22. The second-order valence-electron chi connectivity index (χ2n) is 11.5. The summed E-state index contributed by atoms with van der Waals surface area (Å²) in [6, 6.07) is 12.8. The van der Waals surface area contributed by atoms with E-state index < -0.39 is 32.5 Å². The van der Waals surface area contributed by atoms with E-state index in [9.17, 15) is 37.9 Å². The lowest BCUT2D eigenvalue weighted by molar-refractivity contribution is -0.120. The molecule has 2 heterocycles. The van der Waals surface area contributed by atoms with Crippen molar-refractivity contribution in [3.05, 3.63) is 66.2 Å². The van der Waals surface area contributed by atoms with Gasteiger partial charge in [0.1, 0.15) is 45.7 Å². The Kier molecular flexibility index (Phi) is 11.5. The number of hydrogen-bond donors (Lipinski definition) is 6. The van der Waals surface area contributed by atoms with E-state index >= 15 is 0 Å². The SMILES string of the molecule is COc1ccc(OC=O)cc1N=Nc1ccc2c(S(=O)(=O)O)ccc(Nc3nc(Nc4ccc(O)c(C(=O)O)c4)nc(OCCN4CCOCC4)n3)c2c1O. The van der Waals surface area contributed by atoms with Crippen molar-refractivity contribution < 1.29 is 56.8 Å². The number of nitrogens with zero attached hydrogens (tertiary/aromatic N) is 6. The van der Waals surface area contributed by atoms with Crippen molar-refractivity contribution in [1.29, 1.82) is 0 Å². The number of morpholine rings is 1. The number of rotatable bonds is 15. The molecule has 1 aromatic heterocycles. The molecule has 0 amide bonds. The molecule has 4 aromatic carbocycles. The Morgan fingerprint density at radius 3 is 2.42 bits per heavy atom. The molecule has 1 fully saturated rings. The number of carbonyl (C=O) groups excluding carboxylic acids is 1. The number of aromatic hydroxyl groups is 2. The van der Waals surface area contributed by atoms with Crippen molar-refractivity contribution in [3.63, 3.8) is 0 Å². The van der Waals surface area contributed by atoms with Crippen LogP contribution >= 0.6 is 0 Å². The van der Waals surface area contributed by atoms with E-state index in [4.69, 9.17) is 18.9 Å². The Bertz CT molecular complexity index is 2390. The predicted molar refractivity (Wildman–Crippen MR) is 194 cm³/mol. The maximum atomic E-state index is 12.4. The maximum Gasteiger partial charge on any atom is 0.339 e. The number of hydrogen-bond acceptors (Lipinski definition) is 18. The summed E-state index contributed by atoms with van der Waals surface area (Å²) in [5.41, 5.74) is -0.152. The Morgan fingerprint density at radius 1 is 0.964 bits per heavy atom. The summed E-state index contributed by atoms with van der Waals surface area (Å²) in [6.45, 7) is 3.49. The zero-order valence-electron chi connectivity index (χ0n) is 28.7. The molecule has 20 nitrogen and oxygen atoms in total. The highest BCUT2D eigenvalue weighted by Crippen LogP contribution is 2.43. The summed E-state index contributed by atoms with van der Waals surface area (Å²) in [5, 5.41) is 44.8. The summed E-state index contributed by atoms with van der Waals surface area (Å²) >= 11 is 0. The molecule has 0 aliphatic carbocycles. The average molecular weight is 777 g/mol. The van der Waals surface area contributed by atoms with Crippen LogP contribution in [0.15, 0.2) is 75.8 Å². The van der Waals surface area contributed by atoms with Gasteiger partial charge in [0.2, 0.25) is 11.9 Å². The fraction of sp³-hybridized carbons (Fsp3) is 0.206. The first-order valence-electron chi connectivity index (χ1n) is 16.2. The van der Waals surface area contributed by atoms with E-state index in [-0.39, 0.29) is 81.6 Å². The van der Waals surface area contributed by atoms with Crippen LogP contribution in [0.1, 0.15) is 10.4 Å². The van der Waals surface area contributed by atoms with E-state index in [0.29, 0.717) is 32.8 Å². The van der Waals surface area contributed by atoms with Gasteiger partial charge in [-0.05, 0) is 48.5 Å². The minimum Gasteiger partial charge on any atom is -0.507 e. The van der Waals surface area contributed by atoms with Crippen molar-refractivity contribution in [1.82, 2.24) is 19.9 Å². The van der Waals surface area contributed by atoms with Crippen LogP contribution in [0.3, 0.4) is 0 Å². The number of anilines is 4. The Balaban J connectivity index is 1.40. The third-order valence-electron chi connectivity index (χ3n) is 8.06. The molecule has 21 heteroatoms. The lowest BCUT2D eigenvalue weighted by Gasteiger charge is -2.26. The lowest BCUT2D eigenvalue weighted by atomic mass is 10.1. The number of methoxy groups -OCH3 is 1. The summed E-state index contributed by atoms with van der Waals surface area (Å²) in [5.74, 6) is -2.28. The van der Waals surface area contributed by atoms with Crippen LogP contribution in [-0.2, 0) is 19.6 Å². The molecular formula is C34H32N8O12S. The van der Waals surface area contributed by atoms with Crippen LogP contribution in [0.2, 0.25) is 0 Å². The number of carboxylic acids is 1. The predicted octanol–water partition coefficient (Wildman–Crippen LogP) is 4.54. The van der Waals surface area contributed by atoms with Crippen molar-refractivity contribution >= 4 is 68.0 Å². The topological polar surface area (TPSA) is 277 Å². The van der Waals surface area contributed by atoms with Gasteiger partial charge >= 0.3 is 12.0 Å². The van der Waals surface area contributed by atoms with Crippen LogP contribution in [0, 0.1) is 0 Å². The minimum absolute atomic E-state index is 0.0464.